The quantitative estimate of drug-likeness (QED) is 0.267. The van der Waals surface area contributed by atoms with Gasteiger partial charge in [-0.2, -0.15) is 0 Å². The van der Waals surface area contributed by atoms with Crippen LogP contribution in [0.2, 0.25) is 0 Å². The number of aromatic nitrogens is 3. The van der Waals surface area contributed by atoms with E-state index in [0.717, 1.165) is 22.2 Å². The molecular weight excluding hydrogens is 452 g/mol. The SMILES string of the molecule is C=CCn1c(=S)[nH]c2cc(C(=O)N3CCc4[nH]c5ccc(C(=O)OC)cc5c4C3)ccc2c1=O. The van der Waals surface area contributed by atoms with Crippen LogP contribution in [0, 0.1) is 4.77 Å². The van der Waals surface area contributed by atoms with Gasteiger partial charge >= 0.3 is 5.97 Å². The van der Waals surface area contributed by atoms with Gasteiger partial charge in [0.15, 0.2) is 4.77 Å². The zero-order valence-electron chi connectivity index (χ0n) is 18.5. The third-order valence-electron chi connectivity index (χ3n) is 6.22. The molecule has 0 fully saturated rings. The van der Waals surface area contributed by atoms with E-state index in [9.17, 15) is 14.4 Å². The molecule has 1 aliphatic heterocycles. The lowest BCUT2D eigenvalue weighted by atomic mass is 10.0. The maximum absolute atomic E-state index is 13.4. The molecule has 0 saturated heterocycles. The Kier molecular flexibility index (Phi) is 5.41. The highest BCUT2D eigenvalue weighted by Gasteiger charge is 2.25. The summed E-state index contributed by atoms with van der Waals surface area (Å²) in [4.78, 5) is 46.3. The first-order chi connectivity index (χ1) is 16.4. The molecule has 172 valence electrons. The molecule has 0 saturated carbocycles. The van der Waals surface area contributed by atoms with Crippen molar-refractivity contribution in [2.75, 3.05) is 13.7 Å². The van der Waals surface area contributed by atoms with Gasteiger partial charge in [-0.05, 0) is 48.6 Å². The van der Waals surface area contributed by atoms with Crippen molar-refractivity contribution in [3.8, 4) is 0 Å². The van der Waals surface area contributed by atoms with Crippen LogP contribution in [0.15, 0.2) is 53.8 Å². The molecule has 0 aliphatic carbocycles. The Labute approximate surface area is 199 Å². The fourth-order valence-electron chi connectivity index (χ4n) is 4.50. The van der Waals surface area contributed by atoms with Crippen molar-refractivity contribution >= 4 is 45.9 Å². The van der Waals surface area contributed by atoms with E-state index in [1.807, 2.05) is 6.07 Å². The number of benzene rings is 2. The molecule has 0 bridgehead atoms. The van der Waals surface area contributed by atoms with Crippen LogP contribution >= 0.6 is 12.2 Å². The molecule has 0 atom stereocenters. The predicted octanol–water partition coefficient (Wildman–Crippen LogP) is 3.71. The second-order valence-electron chi connectivity index (χ2n) is 8.21. The molecule has 9 heteroatoms. The number of H-pyrrole nitrogens is 2. The molecule has 8 nitrogen and oxygen atoms in total. The lowest BCUT2D eigenvalue weighted by Gasteiger charge is -2.27. The highest BCUT2D eigenvalue weighted by Crippen LogP contribution is 2.29. The molecule has 1 aliphatic rings. The summed E-state index contributed by atoms with van der Waals surface area (Å²) in [6, 6.07) is 10.4. The Morgan fingerprint density at radius 3 is 2.68 bits per heavy atom. The number of nitrogens with one attached hydrogen (secondary N) is 2. The number of methoxy groups -OCH3 is 1. The Hall–Kier alpha value is -3.98. The maximum atomic E-state index is 13.4. The van der Waals surface area contributed by atoms with Crippen LogP contribution in [-0.2, 0) is 24.2 Å². The highest BCUT2D eigenvalue weighted by molar-refractivity contribution is 7.71. The molecule has 2 aromatic carbocycles. The van der Waals surface area contributed by atoms with Gasteiger partial charge in [0.05, 0.1) is 23.6 Å². The van der Waals surface area contributed by atoms with E-state index in [4.69, 9.17) is 17.0 Å². The first-order valence-electron chi connectivity index (χ1n) is 10.8. The largest absolute Gasteiger partial charge is 0.465 e. The van der Waals surface area contributed by atoms with Gasteiger partial charge in [0.1, 0.15) is 0 Å². The summed E-state index contributed by atoms with van der Waals surface area (Å²) >= 11 is 5.31. The maximum Gasteiger partial charge on any atom is 0.337 e. The van der Waals surface area contributed by atoms with Crippen molar-refractivity contribution in [3.63, 3.8) is 0 Å². The number of hydrogen-bond donors (Lipinski definition) is 2. The smallest absolute Gasteiger partial charge is 0.337 e. The number of aromatic amines is 2. The zero-order chi connectivity index (χ0) is 24.0. The number of fused-ring (bicyclic) bond motifs is 4. The molecule has 0 radical (unpaired) electrons. The molecule has 5 rings (SSSR count). The van der Waals surface area contributed by atoms with E-state index >= 15 is 0 Å². The van der Waals surface area contributed by atoms with Crippen LogP contribution < -0.4 is 5.56 Å². The number of allylic oxidation sites excluding steroid dienone is 1. The minimum Gasteiger partial charge on any atom is -0.465 e. The normalized spacial score (nSPS) is 13.1. The van der Waals surface area contributed by atoms with Gasteiger partial charge in [-0.25, -0.2) is 4.79 Å². The Bertz CT molecular complexity index is 1610. The number of amides is 1. The first kappa shape index (κ1) is 21.8. The van der Waals surface area contributed by atoms with E-state index < -0.39 is 5.97 Å². The molecule has 1 amide bonds. The zero-order valence-corrected chi connectivity index (χ0v) is 19.3. The van der Waals surface area contributed by atoms with Gasteiger partial charge in [0, 0.05) is 53.8 Å². The van der Waals surface area contributed by atoms with Crippen LogP contribution in [-0.4, -0.2) is 45.0 Å². The fourth-order valence-corrected chi connectivity index (χ4v) is 4.76. The number of ether oxygens (including phenoxy) is 1. The van der Waals surface area contributed by atoms with Crippen LogP contribution in [0.1, 0.15) is 32.0 Å². The Morgan fingerprint density at radius 1 is 1.12 bits per heavy atom. The lowest BCUT2D eigenvalue weighted by molar-refractivity contribution is 0.0600. The molecule has 2 N–H and O–H groups in total. The van der Waals surface area contributed by atoms with Crippen molar-refractivity contribution in [2.24, 2.45) is 0 Å². The summed E-state index contributed by atoms with van der Waals surface area (Å²) in [7, 11) is 1.35. The van der Waals surface area contributed by atoms with Crippen LogP contribution in [0.4, 0.5) is 0 Å². The van der Waals surface area contributed by atoms with Crippen LogP contribution in [0.25, 0.3) is 21.8 Å². The summed E-state index contributed by atoms with van der Waals surface area (Å²) in [6.07, 6.45) is 2.28. The van der Waals surface area contributed by atoms with Crippen molar-refractivity contribution in [3.05, 3.63) is 86.6 Å². The average molecular weight is 475 g/mol. The van der Waals surface area contributed by atoms with Gasteiger partial charge in [-0.1, -0.05) is 6.08 Å². The van der Waals surface area contributed by atoms with E-state index in [0.29, 0.717) is 48.1 Å². The molecule has 34 heavy (non-hydrogen) atoms. The predicted molar refractivity (Wildman–Crippen MR) is 132 cm³/mol. The monoisotopic (exact) mass is 474 g/mol. The summed E-state index contributed by atoms with van der Waals surface area (Å²) in [5.74, 6) is -0.540. The summed E-state index contributed by atoms with van der Waals surface area (Å²) in [6.45, 7) is 4.93. The third-order valence-corrected chi connectivity index (χ3v) is 6.55. The van der Waals surface area contributed by atoms with Crippen LogP contribution in [0.3, 0.4) is 0 Å². The Balaban J connectivity index is 1.49. The second-order valence-corrected chi connectivity index (χ2v) is 8.59. The Morgan fingerprint density at radius 2 is 1.91 bits per heavy atom. The van der Waals surface area contributed by atoms with Gasteiger partial charge in [0.25, 0.3) is 11.5 Å². The highest BCUT2D eigenvalue weighted by atomic mass is 32.1. The lowest BCUT2D eigenvalue weighted by Crippen LogP contribution is -2.35. The van der Waals surface area contributed by atoms with Gasteiger partial charge in [-0.15, -0.1) is 6.58 Å². The van der Waals surface area contributed by atoms with Gasteiger partial charge < -0.3 is 19.6 Å². The third kappa shape index (κ3) is 3.54. The first-order valence-corrected chi connectivity index (χ1v) is 11.2. The number of rotatable bonds is 4. The van der Waals surface area contributed by atoms with E-state index in [1.165, 1.54) is 11.7 Å². The molecule has 0 unspecified atom stereocenters. The number of hydrogen-bond acceptors (Lipinski definition) is 5. The number of nitrogens with zero attached hydrogens (tertiary/aromatic N) is 2. The van der Waals surface area contributed by atoms with E-state index in [-0.39, 0.29) is 16.2 Å². The number of carbonyl (C=O) groups is 2. The van der Waals surface area contributed by atoms with E-state index in [1.54, 1.807) is 41.3 Å². The summed E-state index contributed by atoms with van der Waals surface area (Å²) in [5, 5.41) is 1.36. The van der Waals surface area contributed by atoms with Crippen molar-refractivity contribution < 1.29 is 14.3 Å². The second kappa shape index (κ2) is 8.42. The number of carbonyl (C=O) groups excluding carboxylic acids is 2. The minimum atomic E-state index is -0.402. The molecule has 4 aromatic rings. The standard InChI is InChI=1S/C25H22N4O4S/c1-3-9-29-23(31)16-6-4-14(12-21(16)27-25(29)34)22(30)28-10-8-20-18(13-28)17-11-15(24(32)33-2)5-7-19(17)26-20/h3-7,11-12,26H,1,8-10,13H2,2H3,(H,27,34). The fraction of sp³-hybridized carbons (Fsp3) is 0.200. The van der Waals surface area contributed by atoms with Crippen LogP contribution in [0.5, 0.6) is 0 Å². The minimum absolute atomic E-state index is 0.138. The van der Waals surface area contributed by atoms with Crippen molar-refractivity contribution in [2.45, 2.75) is 19.5 Å². The van der Waals surface area contributed by atoms with Gasteiger partial charge in [0.2, 0.25) is 0 Å². The van der Waals surface area contributed by atoms with E-state index in [2.05, 4.69) is 16.5 Å². The summed E-state index contributed by atoms with van der Waals surface area (Å²) in [5.41, 5.74) is 4.21. The van der Waals surface area contributed by atoms with Crippen molar-refractivity contribution in [1.29, 1.82) is 0 Å². The van der Waals surface area contributed by atoms with Crippen molar-refractivity contribution in [1.82, 2.24) is 19.4 Å². The topological polar surface area (TPSA) is 100 Å². The molecular formula is C25H22N4O4S. The number of esters is 1. The average Bonchev–Trinajstić information content (AvgIpc) is 3.22. The molecule has 2 aromatic heterocycles. The molecule has 3 heterocycles. The molecule has 0 spiro atoms. The summed E-state index contributed by atoms with van der Waals surface area (Å²) < 4.78 is 6.55. The van der Waals surface area contributed by atoms with Gasteiger partial charge in [-0.3, -0.25) is 14.2 Å².